The molecule has 2 saturated heterocycles. The van der Waals surface area contributed by atoms with Crippen molar-refractivity contribution in [2.45, 2.75) is 57.5 Å². The second kappa shape index (κ2) is 10.9. The number of sulfone groups is 1. The van der Waals surface area contributed by atoms with Crippen LogP contribution in [0.1, 0.15) is 62.6 Å². The van der Waals surface area contributed by atoms with Gasteiger partial charge in [0.2, 0.25) is 5.91 Å². The monoisotopic (exact) mass is 607 g/mol. The lowest BCUT2D eigenvalue weighted by Crippen LogP contribution is -2.58. The third kappa shape index (κ3) is 6.20. The van der Waals surface area contributed by atoms with Gasteiger partial charge < -0.3 is 14.7 Å². The number of carbonyl (C=O) groups is 2. The molecule has 0 spiro atoms. The van der Waals surface area contributed by atoms with Crippen molar-refractivity contribution in [3.05, 3.63) is 69.7 Å². The highest BCUT2D eigenvalue weighted by atomic mass is 35.5. The van der Waals surface area contributed by atoms with Gasteiger partial charge in [-0.25, -0.2) is 8.42 Å². The van der Waals surface area contributed by atoms with Gasteiger partial charge in [0.1, 0.15) is 0 Å². The summed E-state index contributed by atoms with van der Waals surface area (Å²) in [5.74, 6) is -1.87. The predicted octanol–water partition coefficient (Wildman–Crippen LogP) is 5.76. The maximum Gasteiger partial charge on any atom is 0.304 e. The van der Waals surface area contributed by atoms with Crippen LogP contribution in [0.3, 0.4) is 0 Å². The maximum absolute atomic E-state index is 14.5. The number of nitrogens with zero attached hydrogens (tertiary/aromatic N) is 1. The first-order valence-electron chi connectivity index (χ1n) is 13.6. The molecule has 10 heteroatoms. The van der Waals surface area contributed by atoms with Gasteiger partial charge in [-0.3, -0.25) is 9.59 Å². The van der Waals surface area contributed by atoms with Crippen LogP contribution in [0.15, 0.2) is 48.5 Å². The standard InChI is InChI=1S/C30H35Cl2NO6S/c1-29(16-39-17-29)18-40(37,38)15-25(19-6-7-19)33-27(20-8-10-22(31)11-9-20)24(21-4-3-5-23(32)12-21)13-30(2,28(33)36)14-26(34)35/h3-5,8-12,19,24-25,27H,6-7,13-18H2,1-2H3,(H,34,35). The zero-order valence-corrected chi connectivity index (χ0v) is 25.0. The molecule has 3 aliphatic rings. The lowest BCUT2D eigenvalue weighted by atomic mass is 9.67. The molecule has 0 radical (unpaired) electrons. The van der Waals surface area contributed by atoms with E-state index in [-0.39, 0.29) is 42.1 Å². The van der Waals surface area contributed by atoms with Gasteiger partial charge in [0.05, 0.1) is 42.6 Å². The Morgan fingerprint density at radius 1 is 1.07 bits per heavy atom. The zero-order valence-electron chi connectivity index (χ0n) is 22.7. The van der Waals surface area contributed by atoms with E-state index in [0.717, 1.165) is 24.0 Å². The Bertz CT molecular complexity index is 1390. The van der Waals surface area contributed by atoms with Gasteiger partial charge in [0.15, 0.2) is 9.84 Å². The molecule has 216 valence electrons. The van der Waals surface area contributed by atoms with Crippen molar-refractivity contribution in [2.75, 3.05) is 24.7 Å². The number of halogens is 2. The fraction of sp³-hybridized carbons (Fsp3) is 0.533. The lowest BCUT2D eigenvalue weighted by molar-refractivity contribution is -0.160. The normalized spacial score (nSPS) is 27.2. The molecule has 7 nitrogen and oxygen atoms in total. The first-order chi connectivity index (χ1) is 18.8. The number of rotatable bonds is 10. The van der Waals surface area contributed by atoms with E-state index in [1.807, 2.05) is 37.3 Å². The Hall–Kier alpha value is -2.13. The number of aliphatic carboxylic acids is 1. The number of carboxylic acids is 1. The first kappa shape index (κ1) is 29.4. The van der Waals surface area contributed by atoms with E-state index in [1.54, 1.807) is 30.0 Å². The Morgan fingerprint density at radius 2 is 1.75 bits per heavy atom. The summed E-state index contributed by atoms with van der Waals surface area (Å²) in [5.41, 5.74) is 0.0303. The van der Waals surface area contributed by atoms with E-state index in [1.165, 1.54) is 0 Å². The minimum atomic E-state index is -3.57. The summed E-state index contributed by atoms with van der Waals surface area (Å²) in [6, 6.07) is 13.6. The van der Waals surface area contributed by atoms with Crippen LogP contribution in [0.5, 0.6) is 0 Å². The SMILES string of the molecule is CC1(CS(=O)(=O)CC(C2CC2)N2C(=O)C(C)(CC(=O)O)CC(c3cccc(Cl)c3)C2c2ccc(Cl)cc2)COC1. The molecule has 4 unspecified atom stereocenters. The van der Waals surface area contributed by atoms with Crippen molar-refractivity contribution in [1.82, 2.24) is 4.90 Å². The second-order valence-corrected chi connectivity index (χ2v) is 15.5. The molecule has 2 aliphatic heterocycles. The lowest BCUT2D eigenvalue weighted by Gasteiger charge is -2.52. The van der Waals surface area contributed by atoms with Crippen LogP contribution >= 0.6 is 23.2 Å². The zero-order chi connectivity index (χ0) is 28.9. The van der Waals surface area contributed by atoms with E-state index < -0.39 is 38.7 Å². The Labute approximate surface area is 245 Å². The summed E-state index contributed by atoms with van der Waals surface area (Å²) in [5, 5.41) is 10.9. The number of hydrogen-bond acceptors (Lipinski definition) is 5. The van der Waals surface area contributed by atoms with Crippen molar-refractivity contribution in [2.24, 2.45) is 16.7 Å². The topological polar surface area (TPSA) is 101 Å². The summed E-state index contributed by atoms with van der Waals surface area (Å²) in [7, 11) is -3.57. The van der Waals surface area contributed by atoms with E-state index in [2.05, 4.69) is 0 Å². The van der Waals surface area contributed by atoms with Gasteiger partial charge in [-0.1, -0.05) is 61.3 Å². The molecule has 1 N–H and O–H groups in total. The molecule has 2 aromatic rings. The quantitative estimate of drug-likeness (QED) is 0.368. The smallest absolute Gasteiger partial charge is 0.304 e. The number of amides is 1. The minimum absolute atomic E-state index is 0.0129. The van der Waals surface area contributed by atoms with Crippen molar-refractivity contribution in [3.63, 3.8) is 0 Å². The Morgan fingerprint density at radius 3 is 2.30 bits per heavy atom. The van der Waals surface area contributed by atoms with Crippen LogP contribution in [0.2, 0.25) is 10.0 Å². The van der Waals surface area contributed by atoms with Crippen LogP contribution in [0, 0.1) is 16.7 Å². The molecule has 3 fully saturated rings. The summed E-state index contributed by atoms with van der Waals surface area (Å²) in [6.45, 7) is 4.38. The maximum atomic E-state index is 14.5. The summed E-state index contributed by atoms with van der Waals surface area (Å²) in [4.78, 5) is 28.3. The van der Waals surface area contributed by atoms with Crippen molar-refractivity contribution in [3.8, 4) is 0 Å². The average molecular weight is 609 g/mol. The van der Waals surface area contributed by atoms with Crippen LogP contribution in [0.25, 0.3) is 0 Å². The number of carbonyl (C=O) groups excluding carboxylic acids is 1. The largest absolute Gasteiger partial charge is 0.481 e. The Balaban J connectivity index is 1.64. The van der Waals surface area contributed by atoms with E-state index in [9.17, 15) is 23.1 Å². The van der Waals surface area contributed by atoms with Gasteiger partial charge in [0.25, 0.3) is 0 Å². The molecule has 2 heterocycles. The molecular formula is C30H35Cl2NO6S. The highest BCUT2D eigenvalue weighted by Gasteiger charge is 2.55. The van der Waals surface area contributed by atoms with Gasteiger partial charge in [-0.2, -0.15) is 0 Å². The van der Waals surface area contributed by atoms with Crippen LogP contribution in [-0.2, 0) is 24.2 Å². The molecule has 1 saturated carbocycles. The van der Waals surface area contributed by atoms with Gasteiger partial charge >= 0.3 is 5.97 Å². The summed E-state index contributed by atoms with van der Waals surface area (Å²) < 4.78 is 32.6. The van der Waals surface area contributed by atoms with Crippen molar-refractivity contribution < 1.29 is 27.9 Å². The van der Waals surface area contributed by atoms with Gasteiger partial charge in [-0.15, -0.1) is 0 Å². The molecule has 5 rings (SSSR count). The van der Waals surface area contributed by atoms with Gasteiger partial charge in [-0.05, 0) is 60.6 Å². The minimum Gasteiger partial charge on any atom is -0.481 e. The fourth-order valence-electron chi connectivity index (χ4n) is 6.55. The third-order valence-electron chi connectivity index (χ3n) is 8.55. The molecule has 2 aromatic carbocycles. The number of benzene rings is 2. The van der Waals surface area contributed by atoms with Crippen LogP contribution in [-0.4, -0.2) is 61.1 Å². The molecular weight excluding hydrogens is 573 g/mol. The molecule has 0 bridgehead atoms. The molecule has 1 aliphatic carbocycles. The fourth-order valence-corrected chi connectivity index (χ4v) is 9.18. The first-order valence-corrected chi connectivity index (χ1v) is 16.2. The van der Waals surface area contributed by atoms with Crippen LogP contribution in [0.4, 0.5) is 0 Å². The van der Waals surface area contributed by atoms with E-state index in [0.29, 0.717) is 23.3 Å². The molecule has 40 heavy (non-hydrogen) atoms. The number of piperidine rings is 1. The highest BCUT2D eigenvalue weighted by molar-refractivity contribution is 7.91. The van der Waals surface area contributed by atoms with Crippen molar-refractivity contribution in [1.29, 1.82) is 0 Å². The molecule has 0 aromatic heterocycles. The van der Waals surface area contributed by atoms with Crippen LogP contribution < -0.4 is 0 Å². The number of ether oxygens (including phenoxy) is 1. The third-order valence-corrected chi connectivity index (χ3v) is 11.0. The predicted molar refractivity (Wildman–Crippen MR) is 154 cm³/mol. The van der Waals surface area contributed by atoms with Crippen molar-refractivity contribution >= 4 is 44.9 Å². The average Bonchev–Trinajstić information content (AvgIpc) is 3.69. The van der Waals surface area contributed by atoms with Gasteiger partial charge in [0, 0.05) is 27.4 Å². The number of hydrogen-bond donors (Lipinski definition) is 1. The van der Waals surface area contributed by atoms with E-state index >= 15 is 0 Å². The highest BCUT2D eigenvalue weighted by Crippen LogP contribution is 2.54. The second-order valence-electron chi connectivity index (χ2n) is 12.5. The summed E-state index contributed by atoms with van der Waals surface area (Å²) >= 11 is 12.6. The number of carboxylic acid groups (broad SMARTS) is 1. The summed E-state index contributed by atoms with van der Waals surface area (Å²) in [6.07, 6.45) is 1.55. The van der Waals surface area contributed by atoms with E-state index in [4.69, 9.17) is 27.9 Å². The molecule has 1 amide bonds. The molecule has 4 atom stereocenters. The Kier molecular flexibility index (Phi) is 8.03. The number of likely N-dealkylation sites (tertiary alicyclic amines) is 1.